The van der Waals surface area contributed by atoms with E-state index >= 15 is 0 Å². The first kappa shape index (κ1) is 14.7. The van der Waals surface area contributed by atoms with E-state index in [1.165, 1.54) is 6.07 Å². The van der Waals surface area contributed by atoms with Gasteiger partial charge in [-0.3, -0.25) is 4.79 Å². The average Bonchev–Trinajstić information content (AvgIpc) is 2.25. The first-order valence-corrected chi connectivity index (χ1v) is 5.72. The fourth-order valence-electron chi connectivity index (χ4n) is 1.63. The summed E-state index contributed by atoms with van der Waals surface area (Å²) in [5.74, 6) is -1.25. The van der Waals surface area contributed by atoms with E-state index in [0.29, 0.717) is 12.0 Å². The summed E-state index contributed by atoms with van der Waals surface area (Å²) in [5, 5.41) is 0. The highest BCUT2D eigenvalue weighted by Gasteiger charge is 2.33. The molecule has 100 valence electrons. The molecule has 0 N–H and O–H groups in total. The van der Waals surface area contributed by atoms with Gasteiger partial charge in [0.05, 0.1) is 5.56 Å². The summed E-state index contributed by atoms with van der Waals surface area (Å²) in [7, 11) is 0. The van der Waals surface area contributed by atoms with Crippen LogP contribution in [0.4, 0.5) is 17.6 Å². The lowest BCUT2D eigenvalue weighted by Gasteiger charge is -2.09. The molecule has 0 aromatic heterocycles. The molecule has 0 spiro atoms. The molecule has 0 fully saturated rings. The second-order valence-electron chi connectivity index (χ2n) is 4.10. The third-order valence-electron chi connectivity index (χ3n) is 2.56. The Hall–Kier alpha value is -1.39. The second kappa shape index (κ2) is 5.98. The Bertz CT molecular complexity index is 423. The van der Waals surface area contributed by atoms with E-state index in [4.69, 9.17) is 0 Å². The maximum atomic E-state index is 13.2. The summed E-state index contributed by atoms with van der Waals surface area (Å²) in [6.07, 6.45) is -2.99. The summed E-state index contributed by atoms with van der Waals surface area (Å²) >= 11 is 0. The van der Waals surface area contributed by atoms with Crippen molar-refractivity contribution in [2.24, 2.45) is 0 Å². The molecule has 0 saturated heterocycles. The number of carbonyl (C=O) groups excluding carboxylic acids is 1. The molecule has 1 aromatic carbocycles. The summed E-state index contributed by atoms with van der Waals surface area (Å²) in [6.45, 7) is 1.87. The van der Waals surface area contributed by atoms with Crippen LogP contribution in [0.2, 0.25) is 0 Å². The number of aryl methyl sites for hydroxylation is 1. The van der Waals surface area contributed by atoms with Gasteiger partial charge in [-0.1, -0.05) is 13.0 Å². The third kappa shape index (κ3) is 4.13. The van der Waals surface area contributed by atoms with E-state index in [9.17, 15) is 22.4 Å². The number of alkyl halides is 3. The summed E-state index contributed by atoms with van der Waals surface area (Å²) in [6, 6.07) is 2.78. The van der Waals surface area contributed by atoms with Crippen LogP contribution in [-0.2, 0) is 17.4 Å². The molecule has 1 rings (SSSR count). The van der Waals surface area contributed by atoms with Crippen LogP contribution in [0.3, 0.4) is 0 Å². The second-order valence-corrected chi connectivity index (χ2v) is 4.10. The van der Waals surface area contributed by atoms with Gasteiger partial charge >= 0.3 is 6.18 Å². The fourth-order valence-corrected chi connectivity index (χ4v) is 1.63. The highest BCUT2D eigenvalue weighted by atomic mass is 19.4. The fraction of sp³-hybridized carbons (Fsp3) is 0.462. The Labute approximate surface area is 103 Å². The number of rotatable bonds is 5. The molecule has 0 heterocycles. The van der Waals surface area contributed by atoms with Crippen molar-refractivity contribution in [1.82, 2.24) is 0 Å². The number of halogens is 4. The maximum Gasteiger partial charge on any atom is 0.419 e. The molecule has 1 nitrogen and oxygen atoms in total. The largest absolute Gasteiger partial charge is 0.419 e. The minimum Gasteiger partial charge on any atom is -0.300 e. The van der Waals surface area contributed by atoms with E-state index in [2.05, 4.69) is 0 Å². The minimum absolute atomic E-state index is 0.0396. The van der Waals surface area contributed by atoms with Crippen molar-refractivity contribution >= 4 is 5.78 Å². The van der Waals surface area contributed by atoms with Gasteiger partial charge in [-0.05, 0) is 30.5 Å². The summed E-state index contributed by atoms with van der Waals surface area (Å²) < 4.78 is 50.1. The number of hydrogen-bond donors (Lipinski definition) is 0. The van der Waals surface area contributed by atoms with Gasteiger partial charge in [0.15, 0.2) is 0 Å². The van der Waals surface area contributed by atoms with Crippen molar-refractivity contribution < 1.29 is 22.4 Å². The van der Waals surface area contributed by atoms with E-state index in [1.54, 1.807) is 0 Å². The van der Waals surface area contributed by atoms with Crippen LogP contribution in [0.25, 0.3) is 0 Å². The van der Waals surface area contributed by atoms with Crippen molar-refractivity contribution in [3.05, 3.63) is 35.1 Å². The van der Waals surface area contributed by atoms with Crippen LogP contribution in [0.1, 0.15) is 37.3 Å². The molecule has 5 heteroatoms. The Kier molecular flexibility index (Phi) is 4.87. The quantitative estimate of drug-likeness (QED) is 0.729. The lowest BCUT2D eigenvalue weighted by atomic mass is 10.0. The lowest BCUT2D eigenvalue weighted by Crippen LogP contribution is -2.08. The Balaban J connectivity index is 2.71. The maximum absolute atomic E-state index is 13.2. The van der Waals surface area contributed by atoms with Gasteiger partial charge in [0.25, 0.3) is 0 Å². The van der Waals surface area contributed by atoms with Crippen LogP contribution < -0.4 is 0 Å². The molecular weight excluding hydrogens is 248 g/mol. The number of carbonyl (C=O) groups is 1. The van der Waals surface area contributed by atoms with Crippen molar-refractivity contribution in [2.45, 2.75) is 38.8 Å². The van der Waals surface area contributed by atoms with Gasteiger partial charge < -0.3 is 0 Å². The molecule has 0 unspecified atom stereocenters. The molecule has 0 atom stereocenters. The van der Waals surface area contributed by atoms with Gasteiger partial charge in [0, 0.05) is 12.8 Å². The van der Waals surface area contributed by atoms with E-state index in [0.717, 1.165) is 18.6 Å². The van der Waals surface area contributed by atoms with Gasteiger partial charge in [-0.2, -0.15) is 13.2 Å². The zero-order valence-electron chi connectivity index (χ0n) is 9.98. The molecule has 0 aliphatic rings. The van der Waals surface area contributed by atoms with Crippen molar-refractivity contribution in [1.29, 1.82) is 0 Å². The zero-order valence-corrected chi connectivity index (χ0v) is 9.98. The summed E-state index contributed by atoms with van der Waals surface area (Å²) in [5.41, 5.74) is -0.865. The Morgan fingerprint density at radius 3 is 2.39 bits per heavy atom. The molecule has 0 saturated carbocycles. The number of ketones is 1. The van der Waals surface area contributed by atoms with E-state index in [-0.39, 0.29) is 18.6 Å². The number of hydrogen-bond acceptors (Lipinski definition) is 1. The molecule has 0 aliphatic heterocycles. The van der Waals surface area contributed by atoms with Crippen LogP contribution >= 0.6 is 0 Å². The Morgan fingerprint density at radius 1 is 1.22 bits per heavy atom. The predicted octanol–water partition coefficient (Wildman–Crippen LogP) is 4.15. The topological polar surface area (TPSA) is 17.1 Å². The van der Waals surface area contributed by atoms with Crippen LogP contribution in [0, 0.1) is 5.82 Å². The average molecular weight is 262 g/mol. The highest BCUT2D eigenvalue weighted by molar-refractivity contribution is 5.78. The van der Waals surface area contributed by atoms with Crippen molar-refractivity contribution in [3.8, 4) is 0 Å². The Morgan fingerprint density at radius 2 is 1.89 bits per heavy atom. The summed E-state index contributed by atoms with van der Waals surface area (Å²) in [4.78, 5) is 11.3. The smallest absolute Gasteiger partial charge is 0.300 e. The van der Waals surface area contributed by atoms with E-state index in [1.807, 2.05) is 6.92 Å². The SMILES string of the molecule is CCCC(=O)CCc1ccc(C(F)(F)F)c(F)c1. The van der Waals surface area contributed by atoms with Crippen LogP contribution in [0.5, 0.6) is 0 Å². The lowest BCUT2D eigenvalue weighted by molar-refractivity contribution is -0.140. The first-order chi connectivity index (χ1) is 8.34. The number of benzene rings is 1. The van der Waals surface area contributed by atoms with Gasteiger partial charge in [-0.15, -0.1) is 0 Å². The first-order valence-electron chi connectivity index (χ1n) is 5.72. The van der Waals surface area contributed by atoms with Crippen LogP contribution in [-0.4, -0.2) is 5.78 Å². The van der Waals surface area contributed by atoms with Crippen molar-refractivity contribution in [2.75, 3.05) is 0 Å². The molecule has 18 heavy (non-hydrogen) atoms. The third-order valence-corrected chi connectivity index (χ3v) is 2.56. The molecule has 0 radical (unpaired) electrons. The van der Waals surface area contributed by atoms with Crippen LogP contribution in [0.15, 0.2) is 18.2 Å². The minimum atomic E-state index is -4.68. The number of Topliss-reactive ketones (excluding diaryl/α,β-unsaturated/α-hetero) is 1. The molecule has 1 aromatic rings. The van der Waals surface area contributed by atoms with E-state index < -0.39 is 17.6 Å². The molecule has 0 aliphatic carbocycles. The van der Waals surface area contributed by atoms with Gasteiger partial charge in [0.1, 0.15) is 11.6 Å². The molecule has 0 bridgehead atoms. The zero-order chi connectivity index (χ0) is 13.8. The predicted molar refractivity (Wildman–Crippen MR) is 59.6 cm³/mol. The molecular formula is C13H14F4O. The normalized spacial score (nSPS) is 11.6. The molecule has 0 amide bonds. The van der Waals surface area contributed by atoms with Crippen molar-refractivity contribution in [3.63, 3.8) is 0 Å². The van der Waals surface area contributed by atoms with Gasteiger partial charge in [0.2, 0.25) is 0 Å². The van der Waals surface area contributed by atoms with Gasteiger partial charge in [-0.25, -0.2) is 4.39 Å². The monoisotopic (exact) mass is 262 g/mol. The standard InChI is InChI=1S/C13H14F4O/c1-2-3-10(18)6-4-9-5-7-11(12(14)8-9)13(15,16)17/h5,7-8H,2-4,6H2,1H3. The highest BCUT2D eigenvalue weighted by Crippen LogP contribution is 2.31.